The van der Waals surface area contributed by atoms with E-state index in [1.54, 1.807) is 46.8 Å². The molecule has 0 amide bonds. The van der Waals surface area contributed by atoms with Crippen molar-refractivity contribution in [2.24, 2.45) is 10.8 Å². The highest BCUT2D eigenvalue weighted by atomic mass is 35.5. The van der Waals surface area contributed by atoms with Crippen molar-refractivity contribution in [2.75, 3.05) is 5.32 Å². The highest BCUT2D eigenvalue weighted by molar-refractivity contribution is 6.42. The van der Waals surface area contributed by atoms with Crippen LogP contribution in [0.4, 0.5) is 15.9 Å². The first-order chi connectivity index (χ1) is 15.7. The quantitative estimate of drug-likeness (QED) is 0.225. The van der Waals surface area contributed by atoms with Crippen molar-refractivity contribution in [1.82, 2.24) is 9.97 Å². The molecule has 0 fully saturated rings. The first-order valence-corrected chi connectivity index (χ1v) is 11.1. The minimum Gasteiger partial charge on any atom is -0.481 e. The Morgan fingerprint density at radius 1 is 1.12 bits per heavy atom. The number of rotatable bonds is 6. The number of fused-ring (bicyclic) bond motifs is 1. The molecule has 0 spiro atoms. The zero-order valence-corrected chi connectivity index (χ0v) is 20.8. The van der Waals surface area contributed by atoms with Gasteiger partial charge in [-0.05, 0) is 64.8 Å². The van der Waals surface area contributed by atoms with Crippen molar-refractivity contribution < 1.29 is 23.8 Å². The average Bonchev–Trinajstić information content (AvgIpc) is 2.74. The number of anilines is 2. The molecule has 0 saturated heterocycles. The first-order valence-electron chi connectivity index (χ1n) is 10.3. The van der Waals surface area contributed by atoms with Gasteiger partial charge in [-0.15, -0.1) is 0 Å². The van der Waals surface area contributed by atoms with E-state index in [1.807, 2.05) is 0 Å². The standard InChI is InChI=1S/C24H24Cl2FN3O4/c1-23(2,3)22(33)34-17-9-16-13(8-12(17)10-24(4,5)21(31)32)20(29-11-28-16)30-15-7-6-14(25)18(26)19(15)27/h6-9,11H,10H2,1-5H3,(H,31,32)(H,28,29,30). The zero-order valence-electron chi connectivity index (χ0n) is 19.3. The maximum atomic E-state index is 14.6. The topological polar surface area (TPSA) is 101 Å². The van der Waals surface area contributed by atoms with E-state index in [-0.39, 0.29) is 33.7 Å². The van der Waals surface area contributed by atoms with E-state index in [9.17, 15) is 19.1 Å². The molecule has 0 saturated carbocycles. The van der Waals surface area contributed by atoms with Gasteiger partial charge >= 0.3 is 11.9 Å². The predicted octanol–water partition coefficient (Wildman–Crippen LogP) is 6.42. The van der Waals surface area contributed by atoms with E-state index >= 15 is 0 Å². The van der Waals surface area contributed by atoms with E-state index in [4.69, 9.17) is 27.9 Å². The van der Waals surface area contributed by atoms with Crippen LogP contribution in [0.1, 0.15) is 40.2 Å². The summed E-state index contributed by atoms with van der Waals surface area (Å²) in [7, 11) is 0. The Labute approximate surface area is 206 Å². The summed E-state index contributed by atoms with van der Waals surface area (Å²) in [6, 6.07) is 6.06. The van der Waals surface area contributed by atoms with Crippen LogP contribution in [-0.2, 0) is 16.0 Å². The van der Waals surface area contributed by atoms with Gasteiger partial charge in [-0.3, -0.25) is 9.59 Å². The predicted molar refractivity (Wildman–Crippen MR) is 129 cm³/mol. The molecule has 7 nitrogen and oxygen atoms in total. The van der Waals surface area contributed by atoms with E-state index in [0.717, 1.165) is 0 Å². The smallest absolute Gasteiger partial charge is 0.316 e. The van der Waals surface area contributed by atoms with Gasteiger partial charge in [0.05, 0.1) is 32.1 Å². The summed E-state index contributed by atoms with van der Waals surface area (Å²) < 4.78 is 20.3. The fourth-order valence-electron chi connectivity index (χ4n) is 3.02. The number of carbonyl (C=O) groups excluding carboxylic acids is 1. The highest BCUT2D eigenvalue weighted by Gasteiger charge is 2.31. The second kappa shape index (κ2) is 9.35. The highest BCUT2D eigenvalue weighted by Crippen LogP contribution is 2.36. The van der Waals surface area contributed by atoms with E-state index < -0.39 is 28.6 Å². The molecule has 3 rings (SSSR count). The molecule has 1 heterocycles. The molecule has 0 radical (unpaired) electrons. The second-order valence-electron chi connectivity index (χ2n) is 9.55. The van der Waals surface area contributed by atoms with Crippen molar-refractivity contribution in [2.45, 2.75) is 41.0 Å². The molecule has 0 unspecified atom stereocenters. The largest absolute Gasteiger partial charge is 0.481 e. The normalized spacial score (nSPS) is 12.0. The lowest BCUT2D eigenvalue weighted by Crippen LogP contribution is -2.28. The zero-order chi connectivity index (χ0) is 25.4. The maximum Gasteiger partial charge on any atom is 0.316 e. The molecule has 10 heteroatoms. The Morgan fingerprint density at radius 2 is 1.79 bits per heavy atom. The third-order valence-electron chi connectivity index (χ3n) is 5.13. The third kappa shape index (κ3) is 5.39. The van der Waals surface area contributed by atoms with Gasteiger partial charge in [0.1, 0.15) is 17.9 Å². The summed E-state index contributed by atoms with van der Waals surface area (Å²) >= 11 is 11.8. The molecule has 180 valence electrons. The molecule has 0 aliphatic carbocycles. The number of halogens is 3. The fourth-order valence-corrected chi connectivity index (χ4v) is 3.33. The van der Waals surface area contributed by atoms with Gasteiger partial charge in [0.25, 0.3) is 0 Å². The van der Waals surface area contributed by atoms with Gasteiger partial charge in [-0.2, -0.15) is 0 Å². The number of carbonyl (C=O) groups is 2. The lowest BCUT2D eigenvalue weighted by atomic mass is 9.85. The Hall–Kier alpha value is -2.97. The van der Waals surface area contributed by atoms with E-state index in [0.29, 0.717) is 16.5 Å². The number of nitrogens with one attached hydrogen (secondary N) is 1. The number of aliphatic carboxylic acids is 1. The van der Waals surface area contributed by atoms with Crippen LogP contribution in [0.15, 0.2) is 30.6 Å². The van der Waals surface area contributed by atoms with Crippen LogP contribution in [0.3, 0.4) is 0 Å². The molecule has 1 aromatic heterocycles. The Bertz CT molecular complexity index is 1290. The number of aromatic nitrogens is 2. The number of carboxylic acid groups (broad SMARTS) is 1. The Balaban J connectivity index is 2.15. The van der Waals surface area contributed by atoms with Crippen LogP contribution >= 0.6 is 23.2 Å². The van der Waals surface area contributed by atoms with E-state index in [1.165, 1.54) is 18.5 Å². The Kier molecular flexibility index (Phi) is 7.05. The Morgan fingerprint density at radius 3 is 2.41 bits per heavy atom. The summed E-state index contributed by atoms with van der Waals surface area (Å²) in [6.07, 6.45) is 1.33. The second-order valence-corrected chi connectivity index (χ2v) is 10.3. The number of nitrogens with zero attached hydrogens (tertiary/aromatic N) is 2. The number of hydrogen-bond donors (Lipinski definition) is 2. The fraction of sp³-hybridized carbons (Fsp3) is 0.333. The molecule has 0 bridgehead atoms. The molecular weight excluding hydrogens is 484 g/mol. The SMILES string of the molecule is CC(C)(C)C(=O)Oc1cc2ncnc(Nc3ccc(Cl)c(Cl)c3F)c2cc1CC(C)(C)C(=O)O. The van der Waals surface area contributed by atoms with Crippen LogP contribution in [-0.4, -0.2) is 27.0 Å². The van der Waals surface area contributed by atoms with Crippen molar-refractivity contribution >= 4 is 57.5 Å². The van der Waals surface area contributed by atoms with Crippen molar-refractivity contribution in [3.8, 4) is 5.75 Å². The summed E-state index contributed by atoms with van der Waals surface area (Å²) in [4.78, 5) is 32.8. The van der Waals surface area contributed by atoms with Crippen LogP contribution in [0.5, 0.6) is 5.75 Å². The molecular formula is C24H24Cl2FN3O4. The lowest BCUT2D eigenvalue weighted by Gasteiger charge is -2.23. The first kappa shape index (κ1) is 25.6. The van der Waals surface area contributed by atoms with Gasteiger partial charge < -0.3 is 15.2 Å². The average molecular weight is 508 g/mol. The summed E-state index contributed by atoms with van der Waals surface area (Å²) in [5.74, 6) is -1.78. The van der Waals surface area contributed by atoms with Gasteiger partial charge in [0.2, 0.25) is 0 Å². The van der Waals surface area contributed by atoms with E-state index in [2.05, 4.69) is 15.3 Å². The number of carboxylic acids is 1. The summed E-state index contributed by atoms with van der Waals surface area (Å²) in [5, 5.41) is 12.8. The monoisotopic (exact) mass is 507 g/mol. The van der Waals surface area contributed by atoms with Crippen LogP contribution in [0, 0.1) is 16.6 Å². The molecule has 0 aliphatic rings. The van der Waals surface area contributed by atoms with Crippen molar-refractivity contribution in [1.29, 1.82) is 0 Å². The number of hydrogen-bond acceptors (Lipinski definition) is 6. The molecule has 0 aliphatic heterocycles. The minimum atomic E-state index is -1.16. The number of ether oxygens (including phenoxy) is 1. The van der Waals surface area contributed by atoms with Gasteiger partial charge in [0.15, 0.2) is 5.82 Å². The van der Waals surface area contributed by atoms with Crippen molar-refractivity contribution in [3.63, 3.8) is 0 Å². The van der Waals surface area contributed by atoms with Gasteiger partial charge in [-0.25, -0.2) is 14.4 Å². The molecule has 3 aromatic rings. The molecule has 2 N–H and O–H groups in total. The number of esters is 1. The summed E-state index contributed by atoms with van der Waals surface area (Å²) in [5.41, 5.74) is -1.02. The van der Waals surface area contributed by atoms with Crippen LogP contribution < -0.4 is 10.1 Å². The number of benzene rings is 2. The molecule has 2 aromatic carbocycles. The van der Waals surface area contributed by atoms with Crippen LogP contribution in [0.2, 0.25) is 10.0 Å². The van der Waals surface area contributed by atoms with Crippen LogP contribution in [0.25, 0.3) is 10.9 Å². The van der Waals surface area contributed by atoms with Gasteiger partial charge in [-0.1, -0.05) is 23.2 Å². The lowest BCUT2D eigenvalue weighted by molar-refractivity contribution is -0.146. The summed E-state index contributed by atoms with van der Waals surface area (Å²) in [6.45, 7) is 8.29. The maximum absolute atomic E-state index is 14.6. The van der Waals surface area contributed by atoms with Gasteiger partial charge in [0, 0.05) is 11.5 Å². The minimum absolute atomic E-state index is 0.0463. The molecule has 34 heavy (non-hydrogen) atoms. The molecule has 0 atom stereocenters. The van der Waals surface area contributed by atoms with Crippen molar-refractivity contribution in [3.05, 3.63) is 52.0 Å². The third-order valence-corrected chi connectivity index (χ3v) is 5.91.